The van der Waals surface area contributed by atoms with Crippen molar-refractivity contribution in [2.24, 2.45) is 0 Å². The molecular weight excluding hydrogens is 375 g/mol. The number of hydrogen-bond acceptors (Lipinski definition) is 1. The van der Waals surface area contributed by atoms with Gasteiger partial charge < -0.3 is 0 Å². The van der Waals surface area contributed by atoms with E-state index >= 15 is 0 Å². The van der Waals surface area contributed by atoms with Gasteiger partial charge in [-0.2, -0.15) is 0 Å². The molecular formula is C24H28GeN. The molecule has 0 atom stereocenters. The second-order valence-electron chi connectivity index (χ2n) is 7.41. The second kappa shape index (κ2) is 7.71. The Bertz CT molecular complexity index is 825. The Morgan fingerprint density at radius 2 is 0.962 bits per heavy atom. The van der Waals surface area contributed by atoms with Gasteiger partial charge in [-0.1, -0.05) is 0 Å². The average Bonchev–Trinajstić information content (AvgIpc) is 2.53. The van der Waals surface area contributed by atoms with Crippen LogP contribution in [0.1, 0.15) is 33.4 Å². The molecule has 0 unspecified atom stereocenters. The first kappa shape index (κ1) is 18.8. The van der Waals surface area contributed by atoms with Crippen molar-refractivity contribution in [3.8, 4) is 0 Å². The summed E-state index contributed by atoms with van der Waals surface area (Å²) in [6.45, 7) is 13.5. The number of hydrogen-bond donors (Lipinski definition) is 1. The fourth-order valence-electron chi connectivity index (χ4n) is 4.06. The van der Waals surface area contributed by atoms with E-state index in [1.165, 1.54) is 39.1 Å². The van der Waals surface area contributed by atoms with Crippen molar-refractivity contribution in [2.45, 2.75) is 41.5 Å². The maximum atomic E-state index is 3.98. The van der Waals surface area contributed by atoms with E-state index in [1.54, 1.807) is 8.79 Å². The molecule has 0 bridgehead atoms. The molecule has 1 nitrogen and oxygen atoms in total. The summed E-state index contributed by atoms with van der Waals surface area (Å²) in [5.74, 6) is 0. The van der Waals surface area contributed by atoms with E-state index in [2.05, 4.69) is 100 Å². The van der Waals surface area contributed by atoms with Crippen molar-refractivity contribution in [1.29, 1.82) is 0 Å². The van der Waals surface area contributed by atoms with Crippen LogP contribution in [0.2, 0.25) is 0 Å². The molecule has 1 radical (unpaired) electrons. The molecule has 0 aliphatic carbocycles. The van der Waals surface area contributed by atoms with Crippen molar-refractivity contribution in [3.05, 3.63) is 88.0 Å². The molecule has 0 saturated heterocycles. The Morgan fingerprint density at radius 1 is 0.577 bits per heavy atom. The van der Waals surface area contributed by atoms with Gasteiger partial charge in [-0.3, -0.25) is 0 Å². The summed E-state index contributed by atoms with van der Waals surface area (Å²) >= 11 is -1.98. The van der Waals surface area contributed by atoms with Crippen LogP contribution in [0, 0.1) is 41.5 Å². The van der Waals surface area contributed by atoms with Crippen LogP contribution in [-0.4, -0.2) is 14.6 Å². The third kappa shape index (κ3) is 3.88. The van der Waals surface area contributed by atoms with Gasteiger partial charge in [0.2, 0.25) is 0 Å². The fourth-order valence-corrected chi connectivity index (χ4v) is 9.98. The van der Waals surface area contributed by atoms with E-state index in [1.807, 2.05) is 0 Å². The molecule has 0 heterocycles. The van der Waals surface area contributed by atoms with Gasteiger partial charge in [0, 0.05) is 0 Å². The molecule has 3 rings (SSSR count). The monoisotopic (exact) mass is 404 g/mol. The summed E-state index contributed by atoms with van der Waals surface area (Å²) in [7, 11) is 0. The van der Waals surface area contributed by atoms with Crippen molar-refractivity contribution in [1.82, 2.24) is 0 Å². The summed E-state index contributed by atoms with van der Waals surface area (Å²) in [5, 5.41) is 0. The zero-order valence-corrected chi connectivity index (χ0v) is 18.8. The zero-order valence-electron chi connectivity index (χ0n) is 16.7. The molecule has 3 aromatic carbocycles. The number of aryl methyl sites for hydroxylation is 6. The van der Waals surface area contributed by atoms with Crippen LogP contribution in [0.15, 0.2) is 54.6 Å². The van der Waals surface area contributed by atoms with Gasteiger partial charge in [-0.15, -0.1) is 0 Å². The van der Waals surface area contributed by atoms with Crippen LogP contribution in [0.5, 0.6) is 0 Å². The summed E-state index contributed by atoms with van der Waals surface area (Å²) in [6.07, 6.45) is 0. The molecule has 0 fully saturated rings. The number of benzene rings is 3. The second-order valence-corrected chi connectivity index (χ2v) is 11.6. The predicted octanol–water partition coefficient (Wildman–Crippen LogP) is 4.75. The fraction of sp³-hybridized carbons (Fsp3) is 0.250. The van der Waals surface area contributed by atoms with Crippen LogP contribution in [-0.2, 0) is 0 Å². The molecule has 0 aliphatic rings. The first-order chi connectivity index (χ1) is 12.4. The SMILES string of the molecule is Cc1cc(C)[c]([Ge]([NH]c2ccccc2)[c]2c(C)cc(C)cc2C)c(C)c1. The predicted molar refractivity (Wildman–Crippen MR) is 116 cm³/mol. The van der Waals surface area contributed by atoms with Gasteiger partial charge in [-0.25, -0.2) is 0 Å². The quantitative estimate of drug-likeness (QED) is 0.620. The van der Waals surface area contributed by atoms with E-state index in [0.717, 1.165) is 0 Å². The van der Waals surface area contributed by atoms with Gasteiger partial charge in [0.1, 0.15) is 0 Å². The van der Waals surface area contributed by atoms with E-state index in [9.17, 15) is 0 Å². The topological polar surface area (TPSA) is 12.0 Å². The van der Waals surface area contributed by atoms with E-state index < -0.39 is 14.6 Å². The summed E-state index contributed by atoms with van der Waals surface area (Å²) < 4.78 is 7.08. The van der Waals surface area contributed by atoms with Crippen LogP contribution in [0.4, 0.5) is 5.69 Å². The molecule has 3 aromatic rings. The van der Waals surface area contributed by atoms with E-state index in [0.29, 0.717) is 0 Å². The minimum atomic E-state index is -1.98. The molecule has 133 valence electrons. The number of anilines is 1. The zero-order chi connectivity index (χ0) is 18.8. The molecule has 0 aromatic heterocycles. The van der Waals surface area contributed by atoms with Gasteiger partial charge in [0.25, 0.3) is 0 Å². The molecule has 1 N–H and O–H groups in total. The third-order valence-electron chi connectivity index (χ3n) is 4.90. The molecule has 26 heavy (non-hydrogen) atoms. The van der Waals surface area contributed by atoms with E-state index in [-0.39, 0.29) is 0 Å². The average molecular weight is 403 g/mol. The minimum absolute atomic E-state index is 1.22. The molecule has 0 saturated carbocycles. The summed E-state index contributed by atoms with van der Waals surface area (Å²) in [6, 6.07) is 20.0. The summed E-state index contributed by atoms with van der Waals surface area (Å²) in [4.78, 5) is 0. The molecule has 0 aliphatic heterocycles. The molecule has 0 spiro atoms. The van der Waals surface area contributed by atoms with Gasteiger partial charge >= 0.3 is 163 Å². The Labute approximate surface area is 162 Å². The van der Waals surface area contributed by atoms with Crippen molar-refractivity contribution in [3.63, 3.8) is 0 Å². The van der Waals surface area contributed by atoms with Gasteiger partial charge in [-0.05, 0) is 0 Å². The Hall–Kier alpha value is -2.00. The number of rotatable bonds is 4. The Kier molecular flexibility index (Phi) is 5.57. The van der Waals surface area contributed by atoms with Crippen LogP contribution in [0.25, 0.3) is 0 Å². The Morgan fingerprint density at radius 3 is 1.35 bits per heavy atom. The molecule has 0 amide bonds. The van der Waals surface area contributed by atoms with Gasteiger partial charge in [0.15, 0.2) is 0 Å². The van der Waals surface area contributed by atoms with Crippen molar-refractivity contribution < 1.29 is 0 Å². The summed E-state index contributed by atoms with van der Waals surface area (Å²) in [5.41, 5.74) is 9.58. The number of para-hydroxylation sites is 1. The van der Waals surface area contributed by atoms with Crippen LogP contribution < -0.4 is 13.1 Å². The van der Waals surface area contributed by atoms with Crippen LogP contribution in [0.3, 0.4) is 0 Å². The standard InChI is InChI=1S/C24H28GeN/c1-16-12-18(3)23(19(4)13-16)25(26-22-10-8-7-9-11-22)24-20(5)14-17(2)15-21(24)6/h7-15,26H,1-6H3. The first-order valence-electron chi connectivity index (χ1n) is 9.22. The van der Waals surface area contributed by atoms with Crippen LogP contribution >= 0.6 is 0 Å². The Balaban J connectivity index is 2.21. The van der Waals surface area contributed by atoms with E-state index in [4.69, 9.17) is 0 Å². The van der Waals surface area contributed by atoms with Gasteiger partial charge in [0.05, 0.1) is 0 Å². The van der Waals surface area contributed by atoms with Crippen molar-refractivity contribution >= 4 is 29.1 Å². The van der Waals surface area contributed by atoms with Crippen molar-refractivity contribution in [2.75, 3.05) is 4.27 Å². The maximum absolute atomic E-state index is 3.98. The normalized spacial score (nSPS) is 11.0. The first-order valence-corrected chi connectivity index (χ1v) is 12.4. The third-order valence-corrected chi connectivity index (χ3v) is 11.4. The number of nitrogens with one attached hydrogen (secondary N) is 1. The molecule has 2 heteroatoms.